The molecule has 6 N–H and O–H groups in total. The number of hydrogen-bond acceptors (Lipinski definition) is 20. The number of halogens is 2. The number of aliphatic imine (C=N–C) groups is 2. The maximum Gasteiger partial charge on any atom is 1.00 e. The van der Waals surface area contributed by atoms with Gasteiger partial charge in [0.2, 0.25) is 0 Å². The molecule has 5 aromatic rings. The van der Waals surface area contributed by atoms with Crippen molar-refractivity contribution in [3.63, 3.8) is 0 Å². The number of aromatic nitrogens is 2. The molecular weight excluding hydrogens is 1000 g/mol. The fourth-order valence-corrected chi connectivity index (χ4v) is 6.71. The van der Waals surface area contributed by atoms with Crippen LogP contribution in [0.1, 0.15) is 25.7 Å². The van der Waals surface area contributed by atoms with Crippen molar-refractivity contribution in [2.45, 2.75) is 25.7 Å². The van der Waals surface area contributed by atoms with Crippen LogP contribution < -0.4 is 160 Å². The van der Waals surface area contributed by atoms with Crippen LogP contribution in [0.3, 0.4) is 0 Å². The summed E-state index contributed by atoms with van der Waals surface area (Å²) in [6.07, 6.45) is -1.66. The molecule has 0 aliphatic heterocycles. The third kappa shape index (κ3) is 18.5. The molecule has 0 aliphatic rings. The molecule has 0 amide bonds. The number of hydrogen-bond donors (Lipinski definition) is 6. The van der Waals surface area contributed by atoms with Crippen LogP contribution in [-0.2, 0) is 38.8 Å². The minimum atomic E-state index is -4.79. The van der Waals surface area contributed by atoms with Gasteiger partial charge in [0.15, 0.2) is 22.3 Å². The number of nitrogens with zero attached hydrogens (tertiary/aromatic N) is 4. The summed E-state index contributed by atoms with van der Waals surface area (Å²) in [5.41, 5.74) is 1.59. The number of H-pyrrole nitrogens is 2. The van der Waals surface area contributed by atoms with Gasteiger partial charge in [0.1, 0.15) is 32.1 Å². The Morgan fingerprint density at radius 2 is 1.15 bits per heavy atom. The van der Waals surface area contributed by atoms with E-state index in [0.717, 1.165) is 0 Å². The largest absolute Gasteiger partial charge is 1.00 e. The molecule has 0 radical (unpaired) electrons. The number of carbonyl (C=O) groups excluding carboxylic acids is 2. The molecule has 0 aliphatic carbocycles. The number of carbonyl (C=O) groups is 2. The molecule has 3 aromatic carbocycles. The van der Waals surface area contributed by atoms with Crippen molar-refractivity contribution in [2.75, 3.05) is 63.1 Å². The van der Waals surface area contributed by atoms with Crippen LogP contribution in [-0.4, -0.2) is 112 Å². The van der Waals surface area contributed by atoms with E-state index in [0.29, 0.717) is 11.2 Å². The second kappa shape index (κ2) is 28.8. The zero-order valence-electron chi connectivity index (χ0n) is 35.8. The number of aromatic amines is 2. The first-order chi connectivity index (χ1) is 29.3. The molecule has 0 unspecified atom stereocenters. The van der Waals surface area contributed by atoms with Gasteiger partial charge < -0.3 is 69.4 Å². The quantitative estimate of drug-likeness (QED) is 0.00936. The maximum atomic E-state index is 11.9. The molecule has 2 heterocycles. The number of aliphatic carboxylic acids is 2. The van der Waals surface area contributed by atoms with Crippen molar-refractivity contribution in [1.29, 1.82) is 0 Å². The first-order valence-electron chi connectivity index (χ1n) is 18.0. The third-order valence-electron chi connectivity index (χ3n) is 8.19. The Labute approximate surface area is 472 Å². The number of carboxylic acid groups (broad SMARTS) is 2. The van der Waals surface area contributed by atoms with Gasteiger partial charge in [-0.3, -0.25) is 19.1 Å². The molecule has 66 heavy (non-hydrogen) atoms. The Morgan fingerprint density at radius 1 is 0.636 bits per heavy atom. The zero-order valence-corrected chi connectivity index (χ0v) is 46.9. The Kier molecular flexibility index (Phi) is 27.2. The molecule has 0 fully saturated rings. The average Bonchev–Trinajstić information content (AvgIpc) is 3.20. The standard InChI is InChI=1S/C34H38Cl2N8O16S2.4Na/c35-25-29-33(59-31-19(43-29)3-1-17(27(31)41-13-15-57-61(51,52)53)37-9-11-39-21(45)5-7-23(47)48)26(36)30-34(25)60-32-20(44-30)4-2-18(28(32)42-14-16-58-62(54,55)56)38-10-12-40-22(46)6-8-24(49)50;;;;/h1-4,37,41,43-44H,5-16H2,(H,39,45)(H,40,46)(H,47,48)(H,49,50)(H,51,52,53)(H,54,55,56);;;;/q;4*+1/p-4. The zero-order chi connectivity index (χ0) is 45.2. The van der Waals surface area contributed by atoms with Crippen LogP contribution in [0.2, 0.25) is 10.0 Å². The Morgan fingerprint density at radius 3 is 1.71 bits per heavy atom. The SMILES string of the molecule is O=C([O-])CCC([O-])=NCCN=c1ccc2[nH]c3c(Cl)c4oc5c(NCCOS(=O)(=O)O)c(NCCN=C([O-])CCC(=O)[O-])ccc5[nH]c4c(Cl)c3oc2c1=NCCOS(=O)(=O)O.[Na+].[Na+].[Na+].[Na+]. The van der Waals surface area contributed by atoms with Crippen molar-refractivity contribution < 1.29 is 191 Å². The van der Waals surface area contributed by atoms with Crippen LogP contribution in [0.5, 0.6) is 0 Å². The molecule has 0 spiro atoms. The van der Waals surface area contributed by atoms with E-state index in [4.69, 9.17) is 41.1 Å². The number of nitrogens with one attached hydrogen (secondary N) is 4. The van der Waals surface area contributed by atoms with Crippen LogP contribution in [0.15, 0.2) is 53.1 Å². The van der Waals surface area contributed by atoms with Crippen molar-refractivity contribution in [3.05, 3.63) is 45.0 Å². The van der Waals surface area contributed by atoms with Crippen LogP contribution in [0.25, 0.3) is 44.4 Å². The van der Waals surface area contributed by atoms with Crippen molar-refractivity contribution in [2.24, 2.45) is 20.0 Å². The topological polar surface area (TPSA) is 385 Å². The average molecular weight is 1040 g/mol. The molecule has 0 saturated carbocycles. The first kappa shape index (κ1) is 62.3. The minimum absolute atomic E-state index is 0. The molecular formula is C34H34Cl2N8Na4O16S2. The summed E-state index contributed by atoms with van der Waals surface area (Å²) >= 11 is 13.9. The van der Waals surface area contributed by atoms with Gasteiger partial charge >= 0.3 is 139 Å². The van der Waals surface area contributed by atoms with E-state index in [2.05, 4.69) is 48.9 Å². The van der Waals surface area contributed by atoms with Crippen LogP contribution >= 0.6 is 23.2 Å². The van der Waals surface area contributed by atoms with Gasteiger partial charge in [-0.15, -0.1) is 0 Å². The van der Waals surface area contributed by atoms with Gasteiger partial charge in [-0.2, -0.15) is 16.8 Å². The number of benzene rings is 3. The minimum Gasteiger partial charge on any atom is -0.862 e. The molecule has 2 aromatic heterocycles. The molecule has 32 heteroatoms. The second-order valence-electron chi connectivity index (χ2n) is 12.6. The molecule has 336 valence electrons. The molecule has 5 rings (SSSR count). The third-order valence-corrected chi connectivity index (χ3v) is 9.84. The van der Waals surface area contributed by atoms with Crippen molar-refractivity contribution in [3.8, 4) is 0 Å². The van der Waals surface area contributed by atoms with E-state index in [1.54, 1.807) is 18.2 Å². The van der Waals surface area contributed by atoms with Crippen molar-refractivity contribution >= 4 is 124 Å². The first-order valence-corrected chi connectivity index (χ1v) is 21.4. The number of carboxylic acids is 2. The Bertz CT molecular complexity index is 2980. The molecule has 0 atom stereocenters. The smallest absolute Gasteiger partial charge is 0.862 e. The fourth-order valence-electron chi connectivity index (χ4n) is 5.60. The van der Waals surface area contributed by atoms with Gasteiger partial charge in [0, 0.05) is 25.0 Å². The van der Waals surface area contributed by atoms with E-state index < -0.39 is 70.6 Å². The summed E-state index contributed by atoms with van der Waals surface area (Å²) in [6.45, 7) is -1.73. The van der Waals surface area contributed by atoms with E-state index in [1.807, 2.05) is 0 Å². The summed E-state index contributed by atoms with van der Waals surface area (Å²) < 4.78 is 84.1. The summed E-state index contributed by atoms with van der Waals surface area (Å²) in [6, 6.07) is 6.23. The van der Waals surface area contributed by atoms with Crippen molar-refractivity contribution in [1.82, 2.24) is 9.97 Å². The normalized spacial score (nSPS) is 12.7. The van der Waals surface area contributed by atoms with E-state index in [9.17, 15) is 46.9 Å². The molecule has 0 saturated heterocycles. The molecule has 24 nitrogen and oxygen atoms in total. The van der Waals surface area contributed by atoms with Gasteiger partial charge in [0.05, 0.1) is 61.5 Å². The van der Waals surface area contributed by atoms with E-state index in [-0.39, 0.29) is 236 Å². The maximum absolute atomic E-state index is 11.9. The van der Waals surface area contributed by atoms with Crippen LogP contribution in [0.4, 0.5) is 11.4 Å². The fraction of sp³-hybridized carbons (Fsp3) is 0.353. The van der Waals surface area contributed by atoms with E-state index in [1.165, 1.54) is 6.07 Å². The summed E-state index contributed by atoms with van der Waals surface area (Å²) in [5.74, 6) is -4.09. The predicted molar refractivity (Wildman–Crippen MR) is 214 cm³/mol. The summed E-state index contributed by atoms with van der Waals surface area (Å²) in [4.78, 5) is 44.0. The summed E-state index contributed by atoms with van der Waals surface area (Å²) in [7, 11) is -9.56. The number of anilines is 2. The predicted octanol–water partition coefficient (Wildman–Crippen LogP) is -13.1. The Hall–Kier alpha value is -1.74. The number of fused-ring (bicyclic) bond motifs is 4. The van der Waals surface area contributed by atoms with E-state index >= 15 is 0 Å². The Balaban J connectivity index is 0.00000544. The summed E-state index contributed by atoms with van der Waals surface area (Å²) in [5, 5.41) is 51.3. The van der Waals surface area contributed by atoms with Gasteiger partial charge in [0.25, 0.3) is 0 Å². The van der Waals surface area contributed by atoms with Gasteiger partial charge in [-0.05, 0) is 61.7 Å². The van der Waals surface area contributed by atoms with Gasteiger partial charge in [-0.25, -0.2) is 8.37 Å². The van der Waals surface area contributed by atoms with Crippen LogP contribution in [0, 0.1) is 0 Å². The molecule has 0 bridgehead atoms. The second-order valence-corrected chi connectivity index (χ2v) is 15.5. The monoisotopic (exact) mass is 1040 g/mol. The van der Waals surface area contributed by atoms with Gasteiger partial charge in [-0.1, -0.05) is 23.2 Å². The number of rotatable bonds is 22.